The van der Waals surface area contributed by atoms with Crippen LogP contribution in [0, 0.1) is 0 Å². The summed E-state index contributed by atoms with van der Waals surface area (Å²) in [6.07, 6.45) is 1.14. The number of hydrogen-bond donors (Lipinski definition) is 0. The minimum atomic E-state index is -1.67. The molecule has 0 aromatic carbocycles. The van der Waals surface area contributed by atoms with Gasteiger partial charge in [-0.1, -0.05) is 0 Å². The molecule has 0 heterocycles. The summed E-state index contributed by atoms with van der Waals surface area (Å²) in [6, 6.07) is 0. The molecule has 0 spiro atoms. The molecule has 2 nitrogen and oxygen atoms in total. The third-order valence-electron chi connectivity index (χ3n) is 1.22. The van der Waals surface area contributed by atoms with Gasteiger partial charge in [-0.25, -0.2) is 9.38 Å². The quantitative estimate of drug-likeness (QED) is 0.398. The van der Waals surface area contributed by atoms with E-state index in [9.17, 15) is 4.39 Å². The maximum atomic E-state index is 13.0. The molecule has 80 valence electrons. The molecule has 0 fully saturated rings. The van der Waals surface area contributed by atoms with Crippen LogP contribution in [0.5, 0.6) is 0 Å². The second kappa shape index (κ2) is 5.10. The first-order chi connectivity index (χ1) is 6.22. The Bertz CT molecular complexity index is 272. The summed E-state index contributed by atoms with van der Waals surface area (Å²) in [7, 11) is -1.67. The van der Waals surface area contributed by atoms with Crippen LogP contribution in [0.4, 0.5) is 4.39 Å². The summed E-state index contributed by atoms with van der Waals surface area (Å²) < 4.78 is 18.4. The van der Waals surface area contributed by atoms with Crippen molar-refractivity contribution in [2.75, 3.05) is 0 Å². The van der Waals surface area contributed by atoms with Crippen molar-refractivity contribution >= 4 is 14.5 Å². The molecule has 0 amide bonds. The molecule has 0 bridgehead atoms. The highest BCUT2D eigenvalue weighted by Crippen LogP contribution is 2.10. The third-order valence-corrected chi connectivity index (χ3v) is 2.07. The van der Waals surface area contributed by atoms with Gasteiger partial charge in [0, 0.05) is 0 Å². The monoisotopic (exact) mass is 215 g/mol. The van der Waals surface area contributed by atoms with E-state index >= 15 is 0 Å². The lowest BCUT2D eigenvalue weighted by atomic mass is 10.3. The van der Waals surface area contributed by atoms with Crippen LogP contribution < -0.4 is 0 Å². The lowest BCUT2D eigenvalue weighted by Gasteiger charge is -2.17. The Kier molecular flexibility index (Phi) is 4.77. The zero-order valence-corrected chi connectivity index (χ0v) is 10.5. The average molecular weight is 215 g/mol. The average Bonchev–Trinajstić information content (AvgIpc) is 1.96. The van der Waals surface area contributed by atoms with Crippen LogP contribution in [-0.2, 0) is 4.43 Å². The number of rotatable bonds is 4. The molecule has 0 N–H and O–H groups in total. The highest BCUT2D eigenvalue weighted by atomic mass is 28.4. The number of halogens is 1. The highest BCUT2D eigenvalue weighted by molar-refractivity contribution is 6.70. The zero-order valence-electron chi connectivity index (χ0n) is 9.52. The fraction of sp³-hybridized carbons (Fsp3) is 0.500. The molecule has 0 saturated heterocycles. The normalized spacial score (nSPS) is 11.6. The van der Waals surface area contributed by atoms with Crippen molar-refractivity contribution in [1.29, 1.82) is 0 Å². The Morgan fingerprint density at radius 1 is 1.36 bits per heavy atom. The van der Waals surface area contributed by atoms with Crippen molar-refractivity contribution in [3.05, 3.63) is 23.9 Å². The van der Waals surface area contributed by atoms with Gasteiger partial charge >= 0.3 is 0 Å². The largest absolute Gasteiger partial charge is 0.532 e. The van der Waals surface area contributed by atoms with Crippen LogP contribution in [0.2, 0.25) is 19.6 Å². The van der Waals surface area contributed by atoms with Crippen LogP contribution in [0.15, 0.2) is 28.9 Å². The molecule has 0 aromatic rings. The van der Waals surface area contributed by atoms with Crippen molar-refractivity contribution in [1.82, 2.24) is 0 Å². The van der Waals surface area contributed by atoms with E-state index in [1.807, 2.05) is 19.6 Å². The van der Waals surface area contributed by atoms with E-state index in [1.165, 1.54) is 0 Å². The molecule has 14 heavy (non-hydrogen) atoms. The van der Waals surface area contributed by atoms with Gasteiger partial charge in [0.15, 0.2) is 5.88 Å². The fourth-order valence-electron chi connectivity index (χ4n) is 0.638. The second-order valence-corrected chi connectivity index (χ2v) is 8.64. The third kappa shape index (κ3) is 6.60. The maximum absolute atomic E-state index is 13.0. The molecule has 0 aromatic heterocycles. The first-order valence-electron chi connectivity index (χ1n) is 4.47. The predicted octanol–water partition coefficient (Wildman–Crippen LogP) is 3.64. The van der Waals surface area contributed by atoms with Crippen LogP contribution in [0.25, 0.3) is 0 Å². The van der Waals surface area contributed by atoms with Gasteiger partial charge < -0.3 is 4.43 Å². The summed E-state index contributed by atoms with van der Waals surface area (Å²) in [6.45, 7) is 13.0. The Balaban J connectivity index is 4.28. The fourth-order valence-corrected chi connectivity index (χ4v) is 1.40. The maximum Gasteiger partial charge on any atom is 0.244 e. The minimum Gasteiger partial charge on any atom is -0.532 e. The zero-order chi connectivity index (χ0) is 11.4. The highest BCUT2D eigenvalue weighted by Gasteiger charge is 2.16. The standard InChI is InChI=1S/C10H18FNOSi/c1-8(2)10(11)7-12-9(3)13-14(4,5)6/h7H,3H2,1-2,4-6H3. The van der Waals surface area contributed by atoms with Crippen LogP contribution in [0.3, 0.4) is 0 Å². The first-order valence-corrected chi connectivity index (χ1v) is 7.88. The summed E-state index contributed by atoms with van der Waals surface area (Å²) in [4.78, 5) is 3.79. The van der Waals surface area contributed by atoms with Gasteiger partial charge in [0.2, 0.25) is 8.32 Å². The van der Waals surface area contributed by atoms with E-state index in [4.69, 9.17) is 4.43 Å². The molecule has 0 aliphatic rings. The summed E-state index contributed by atoms with van der Waals surface area (Å²) in [5.74, 6) is -0.0640. The smallest absolute Gasteiger partial charge is 0.244 e. The van der Waals surface area contributed by atoms with E-state index in [0.717, 1.165) is 6.21 Å². The first kappa shape index (κ1) is 13.1. The molecule has 0 saturated carbocycles. The van der Waals surface area contributed by atoms with Crippen LogP contribution >= 0.6 is 0 Å². The van der Waals surface area contributed by atoms with Gasteiger partial charge in [-0.05, 0) is 45.6 Å². The second-order valence-electron chi connectivity index (χ2n) is 4.21. The number of aliphatic imine (C=N–C) groups is 1. The summed E-state index contributed by atoms with van der Waals surface area (Å²) in [5.41, 5.74) is 0.592. The van der Waals surface area contributed by atoms with Crippen molar-refractivity contribution in [2.24, 2.45) is 4.99 Å². The Morgan fingerprint density at radius 3 is 2.21 bits per heavy atom. The van der Waals surface area contributed by atoms with Crippen molar-refractivity contribution in [3.63, 3.8) is 0 Å². The SMILES string of the molecule is C=C(N=CC(F)=C(C)C)O[Si](C)(C)C. The van der Waals surface area contributed by atoms with Gasteiger partial charge in [0.25, 0.3) is 0 Å². The van der Waals surface area contributed by atoms with Crippen LogP contribution in [0.1, 0.15) is 13.8 Å². The molecular weight excluding hydrogens is 197 g/mol. The van der Waals surface area contributed by atoms with E-state index in [1.54, 1.807) is 13.8 Å². The minimum absolute atomic E-state index is 0.278. The van der Waals surface area contributed by atoms with E-state index < -0.39 is 8.32 Å². The van der Waals surface area contributed by atoms with E-state index in [0.29, 0.717) is 5.57 Å². The van der Waals surface area contributed by atoms with Gasteiger partial charge in [-0.3, -0.25) is 0 Å². The molecule has 0 atom stereocenters. The lowest BCUT2D eigenvalue weighted by Crippen LogP contribution is -2.24. The van der Waals surface area contributed by atoms with Crippen molar-refractivity contribution < 1.29 is 8.82 Å². The van der Waals surface area contributed by atoms with Crippen LogP contribution in [-0.4, -0.2) is 14.5 Å². The number of nitrogens with zero attached hydrogens (tertiary/aromatic N) is 1. The molecule has 0 aliphatic heterocycles. The number of allylic oxidation sites excluding steroid dienone is 2. The van der Waals surface area contributed by atoms with Crippen molar-refractivity contribution in [3.8, 4) is 0 Å². The molecule has 0 radical (unpaired) electrons. The molecular formula is C10H18FNOSi. The molecule has 4 heteroatoms. The van der Waals surface area contributed by atoms with Gasteiger partial charge in [-0.15, -0.1) is 0 Å². The van der Waals surface area contributed by atoms with E-state index in [2.05, 4.69) is 11.6 Å². The molecule has 0 rings (SSSR count). The predicted molar refractivity (Wildman–Crippen MR) is 61.5 cm³/mol. The Hall–Kier alpha value is -0.903. The Morgan fingerprint density at radius 2 is 1.86 bits per heavy atom. The Labute approximate surface area is 86.3 Å². The van der Waals surface area contributed by atoms with E-state index in [-0.39, 0.29) is 11.7 Å². The van der Waals surface area contributed by atoms with Gasteiger partial charge in [0.05, 0.1) is 6.21 Å². The van der Waals surface area contributed by atoms with Gasteiger partial charge in [0.1, 0.15) is 5.83 Å². The molecule has 0 unspecified atom stereocenters. The van der Waals surface area contributed by atoms with Crippen molar-refractivity contribution in [2.45, 2.75) is 33.5 Å². The van der Waals surface area contributed by atoms with Gasteiger partial charge in [-0.2, -0.15) is 0 Å². The summed E-state index contributed by atoms with van der Waals surface area (Å²) >= 11 is 0. The lowest BCUT2D eigenvalue weighted by molar-refractivity contribution is 0.420. The number of hydrogen-bond acceptors (Lipinski definition) is 2. The molecule has 0 aliphatic carbocycles. The summed E-state index contributed by atoms with van der Waals surface area (Å²) in [5, 5.41) is 0. The topological polar surface area (TPSA) is 21.6 Å².